The molecule has 1 atom stereocenters. The third kappa shape index (κ3) is 6.25. The van der Waals surface area contributed by atoms with Crippen molar-refractivity contribution in [2.75, 3.05) is 6.54 Å². The van der Waals surface area contributed by atoms with Crippen LogP contribution in [0.25, 0.3) is 0 Å². The zero-order valence-electron chi connectivity index (χ0n) is 14.8. The van der Waals surface area contributed by atoms with Gasteiger partial charge in [0.05, 0.1) is 13.0 Å². The van der Waals surface area contributed by atoms with Gasteiger partial charge in [0.2, 0.25) is 5.91 Å². The van der Waals surface area contributed by atoms with E-state index in [9.17, 15) is 23.1 Å². The molecule has 1 amide bonds. The second-order valence-electron chi connectivity index (χ2n) is 6.42. The molecule has 0 bridgehead atoms. The predicted octanol–water partition coefficient (Wildman–Crippen LogP) is 4.43. The van der Waals surface area contributed by atoms with Gasteiger partial charge in [-0.15, -0.1) is 6.58 Å². The molecule has 27 heavy (non-hydrogen) atoms. The molecule has 0 radical (unpaired) electrons. The van der Waals surface area contributed by atoms with Gasteiger partial charge in [0.1, 0.15) is 5.60 Å². The second kappa shape index (κ2) is 8.86. The van der Waals surface area contributed by atoms with Crippen molar-refractivity contribution in [3.05, 3.63) is 84.4 Å². The molecule has 0 aromatic heterocycles. The Morgan fingerprint density at radius 3 is 2.11 bits per heavy atom. The smallest absolute Gasteiger partial charge is 0.383 e. The SMILES string of the molecule is C=CCC(=O)N(Cc1ccccc1)CC(O)(CC(F)(F)F)c1ccccc1. The molecule has 0 heterocycles. The van der Waals surface area contributed by atoms with E-state index in [1.165, 1.54) is 23.1 Å². The Hall–Kier alpha value is -2.60. The van der Waals surface area contributed by atoms with Crippen molar-refractivity contribution in [2.45, 2.75) is 31.2 Å². The van der Waals surface area contributed by atoms with Gasteiger partial charge in [-0.25, -0.2) is 0 Å². The summed E-state index contributed by atoms with van der Waals surface area (Å²) in [7, 11) is 0. The van der Waals surface area contributed by atoms with E-state index in [1.54, 1.807) is 42.5 Å². The Morgan fingerprint density at radius 2 is 1.59 bits per heavy atom. The van der Waals surface area contributed by atoms with Crippen LogP contribution in [0, 0.1) is 0 Å². The van der Waals surface area contributed by atoms with E-state index in [4.69, 9.17) is 0 Å². The number of nitrogens with zero attached hydrogens (tertiary/aromatic N) is 1. The van der Waals surface area contributed by atoms with Gasteiger partial charge in [-0.05, 0) is 11.1 Å². The van der Waals surface area contributed by atoms with Crippen LogP contribution in [-0.4, -0.2) is 28.6 Å². The topological polar surface area (TPSA) is 40.5 Å². The third-order valence-corrected chi connectivity index (χ3v) is 4.14. The van der Waals surface area contributed by atoms with Crippen LogP contribution in [-0.2, 0) is 16.9 Å². The van der Waals surface area contributed by atoms with E-state index in [2.05, 4.69) is 6.58 Å². The Balaban J connectivity index is 2.36. The van der Waals surface area contributed by atoms with E-state index < -0.39 is 30.7 Å². The minimum Gasteiger partial charge on any atom is -0.383 e. The lowest BCUT2D eigenvalue weighted by atomic mass is 9.89. The molecule has 6 heteroatoms. The molecule has 1 N–H and O–H groups in total. The van der Waals surface area contributed by atoms with Gasteiger partial charge < -0.3 is 10.0 Å². The molecule has 0 aliphatic carbocycles. The fourth-order valence-corrected chi connectivity index (χ4v) is 2.93. The summed E-state index contributed by atoms with van der Waals surface area (Å²) in [6.45, 7) is 3.14. The lowest BCUT2D eigenvalue weighted by molar-refractivity contribution is -0.185. The molecule has 2 aromatic carbocycles. The van der Waals surface area contributed by atoms with Gasteiger partial charge in [-0.1, -0.05) is 66.7 Å². The van der Waals surface area contributed by atoms with Crippen molar-refractivity contribution in [1.82, 2.24) is 4.90 Å². The summed E-state index contributed by atoms with van der Waals surface area (Å²) in [4.78, 5) is 13.7. The average Bonchev–Trinajstić information content (AvgIpc) is 2.61. The molecule has 1 unspecified atom stereocenters. The maximum atomic E-state index is 13.2. The Bertz CT molecular complexity index is 747. The van der Waals surface area contributed by atoms with E-state index in [0.717, 1.165) is 5.56 Å². The van der Waals surface area contributed by atoms with Crippen LogP contribution in [0.2, 0.25) is 0 Å². The zero-order chi connectivity index (χ0) is 19.9. The summed E-state index contributed by atoms with van der Waals surface area (Å²) in [5.41, 5.74) is -1.37. The highest BCUT2D eigenvalue weighted by atomic mass is 19.4. The van der Waals surface area contributed by atoms with Crippen molar-refractivity contribution in [3.63, 3.8) is 0 Å². The first-order chi connectivity index (χ1) is 12.7. The number of amides is 1. The maximum Gasteiger partial charge on any atom is 0.392 e. The van der Waals surface area contributed by atoms with Crippen LogP contribution in [0.4, 0.5) is 13.2 Å². The third-order valence-electron chi connectivity index (χ3n) is 4.14. The van der Waals surface area contributed by atoms with Crippen LogP contribution in [0.1, 0.15) is 24.0 Å². The molecule has 0 fully saturated rings. The maximum absolute atomic E-state index is 13.2. The van der Waals surface area contributed by atoms with E-state index in [1.807, 2.05) is 6.07 Å². The van der Waals surface area contributed by atoms with Gasteiger partial charge in [0, 0.05) is 13.0 Å². The number of rotatable bonds is 8. The highest BCUT2D eigenvalue weighted by Crippen LogP contribution is 2.35. The lowest BCUT2D eigenvalue weighted by Crippen LogP contribution is -2.45. The van der Waals surface area contributed by atoms with Crippen molar-refractivity contribution >= 4 is 5.91 Å². The summed E-state index contributed by atoms with van der Waals surface area (Å²) in [6, 6.07) is 16.6. The summed E-state index contributed by atoms with van der Waals surface area (Å²) < 4.78 is 39.6. The van der Waals surface area contributed by atoms with Crippen LogP contribution < -0.4 is 0 Å². The number of aliphatic hydroxyl groups is 1. The Labute approximate surface area is 156 Å². The fourth-order valence-electron chi connectivity index (χ4n) is 2.93. The summed E-state index contributed by atoms with van der Waals surface area (Å²) in [5, 5.41) is 10.9. The fraction of sp³-hybridized carbons (Fsp3) is 0.286. The molecule has 2 rings (SSSR count). The number of benzene rings is 2. The summed E-state index contributed by atoms with van der Waals surface area (Å²) >= 11 is 0. The van der Waals surface area contributed by atoms with E-state index in [0.29, 0.717) is 0 Å². The van der Waals surface area contributed by atoms with Gasteiger partial charge in [0.15, 0.2) is 0 Å². The second-order valence-corrected chi connectivity index (χ2v) is 6.42. The van der Waals surface area contributed by atoms with Gasteiger partial charge in [-0.3, -0.25) is 4.79 Å². The van der Waals surface area contributed by atoms with Gasteiger partial charge >= 0.3 is 6.18 Å². The van der Waals surface area contributed by atoms with Crippen molar-refractivity contribution in [2.24, 2.45) is 0 Å². The summed E-state index contributed by atoms with van der Waals surface area (Å²) in [6.07, 6.45) is -4.67. The number of hydrogen-bond acceptors (Lipinski definition) is 2. The first kappa shape index (κ1) is 20.7. The van der Waals surface area contributed by atoms with Gasteiger partial charge in [-0.2, -0.15) is 13.2 Å². The van der Waals surface area contributed by atoms with Crippen molar-refractivity contribution in [3.8, 4) is 0 Å². The molecule has 0 saturated heterocycles. The van der Waals surface area contributed by atoms with Crippen LogP contribution in [0.15, 0.2) is 73.3 Å². The monoisotopic (exact) mass is 377 g/mol. The molecule has 2 aromatic rings. The Kier molecular flexibility index (Phi) is 6.80. The quantitative estimate of drug-likeness (QED) is 0.692. The van der Waals surface area contributed by atoms with Crippen LogP contribution in [0.3, 0.4) is 0 Å². The van der Waals surface area contributed by atoms with Crippen molar-refractivity contribution in [1.29, 1.82) is 0 Å². The molecule has 0 saturated carbocycles. The first-order valence-electron chi connectivity index (χ1n) is 8.51. The van der Waals surface area contributed by atoms with Gasteiger partial charge in [0.25, 0.3) is 0 Å². The molecule has 0 aliphatic rings. The average molecular weight is 377 g/mol. The minimum atomic E-state index is -4.59. The Morgan fingerprint density at radius 1 is 1.04 bits per heavy atom. The van der Waals surface area contributed by atoms with Crippen LogP contribution >= 0.6 is 0 Å². The molecule has 144 valence electrons. The predicted molar refractivity (Wildman–Crippen MR) is 97.7 cm³/mol. The summed E-state index contributed by atoms with van der Waals surface area (Å²) in [5.74, 6) is -0.398. The zero-order valence-corrected chi connectivity index (χ0v) is 14.8. The molecular formula is C21H22F3NO2. The first-order valence-corrected chi connectivity index (χ1v) is 8.51. The van der Waals surface area contributed by atoms with Crippen LogP contribution in [0.5, 0.6) is 0 Å². The molecule has 0 aliphatic heterocycles. The number of alkyl halides is 3. The minimum absolute atomic E-state index is 0.0241. The van der Waals surface area contributed by atoms with Crippen molar-refractivity contribution < 1.29 is 23.1 Å². The largest absolute Gasteiger partial charge is 0.392 e. The highest BCUT2D eigenvalue weighted by Gasteiger charge is 2.44. The lowest BCUT2D eigenvalue weighted by Gasteiger charge is -2.35. The normalized spacial score (nSPS) is 13.6. The molecular weight excluding hydrogens is 355 g/mol. The standard InChI is InChI=1S/C21H22F3NO2/c1-2-9-19(26)25(14-17-10-5-3-6-11-17)16-20(27,15-21(22,23)24)18-12-7-4-8-13-18/h2-8,10-13,27H,1,9,14-16H2. The highest BCUT2D eigenvalue weighted by molar-refractivity contribution is 5.77. The van der Waals surface area contributed by atoms with E-state index in [-0.39, 0.29) is 18.5 Å². The molecule has 0 spiro atoms. The number of hydrogen-bond donors (Lipinski definition) is 1. The molecule has 3 nitrogen and oxygen atoms in total. The number of carbonyl (C=O) groups is 1. The number of halogens is 3. The number of carbonyl (C=O) groups excluding carboxylic acids is 1. The van der Waals surface area contributed by atoms with E-state index >= 15 is 0 Å².